The monoisotopic (exact) mass is 442 g/mol. The normalized spacial score (nSPS) is 15.0. The van der Waals surface area contributed by atoms with Gasteiger partial charge in [-0.2, -0.15) is 0 Å². The molecule has 1 aliphatic rings. The molecule has 0 fully saturated rings. The summed E-state index contributed by atoms with van der Waals surface area (Å²) in [6.45, 7) is 6.55. The predicted octanol–water partition coefficient (Wildman–Crippen LogP) is 5.21. The molecule has 3 aromatic rings. The SMILES string of the molecule is CCC(=O)N1CCc2ccc(OCC(=O)Nc3cccc(C)c3)cc2C1c1cccc(C)c1. The van der Waals surface area contributed by atoms with E-state index in [1.807, 2.05) is 61.2 Å². The number of nitrogens with one attached hydrogen (secondary N) is 1. The Morgan fingerprint density at radius 1 is 1.00 bits per heavy atom. The Morgan fingerprint density at radius 2 is 1.76 bits per heavy atom. The number of fused-ring (bicyclic) bond motifs is 1. The lowest BCUT2D eigenvalue weighted by Gasteiger charge is -2.38. The Labute approximate surface area is 195 Å². The molecule has 170 valence electrons. The van der Waals surface area contributed by atoms with Crippen LogP contribution in [-0.4, -0.2) is 29.9 Å². The number of hydrogen-bond donors (Lipinski definition) is 1. The van der Waals surface area contributed by atoms with Crippen molar-refractivity contribution in [3.8, 4) is 5.75 Å². The molecule has 3 aromatic carbocycles. The van der Waals surface area contributed by atoms with Gasteiger partial charge in [0.2, 0.25) is 5.91 Å². The van der Waals surface area contributed by atoms with Crippen LogP contribution in [-0.2, 0) is 16.0 Å². The molecular formula is C28H30N2O3. The van der Waals surface area contributed by atoms with Gasteiger partial charge in [0.05, 0.1) is 6.04 Å². The number of rotatable bonds is 6. The Morgan fingerprint density at radius 3 is 2.48 bits per heavy atom. The van der Waals surface area contributed by atoms with Crippen LogP contribution in [0.3, 0.4) is 0 Å². The van der Waals surface area contributed by atoms with Gasteiger partial charge in [-0.25, -0.2) is 0 Å². The molecule has 33 heavy (non-hydrogen) atoms. The van der Waals surface area contributed by atoms with Gasteiger partial charge in [0.1, 0.15) is 5.75 Å². The third-order valence-corrected chi connectivity index (χ3v) is 6.00. The summed E-state index contributed by atoms with van der Waals surface area (Å²) in [4.78, 5) is 27.1. The van der Waals surface area contributed by atoms with Gasteiger partial charge in [0.25, 0.3) is 5.91 Å². The molecule has 0 aliphatic carbocycles. The molecule has 1 unspecified atom stereocenters. The average molecular weight is 443 g/mol. The number of hydrogen-bond acceptors (Lipinski definition) is 3. The maximum Gasteiger partial charge on any atom is 0.262 e. The molecule has 1 atom stereocenters. The lowest BCUT2D eigenvalue weighted by molar-refractivity contribution is -0.132. The Balaban J connectivity index is 1.57. The number of carbonyl (C=O) groups is 2. The quantitative estimate of drug-likeness (QED) is 0.570. The lowest BCUT2D eigenvalue weighted by Crippen LogP contribution is -2.40. The first-order valence-electron chi connectivity index (χ1n) is 11.4. The van der Waals surface area contributed by atoms with Crippen molar-refractivity contribution in [2.24, 2.45) is 0 Å². The van der Waals surface area contributed by atoms with E-state index in [1.165, 1.54) is 5.56 Å². The van der Waals surface area contributed by atoms with E-state index in [0.29, 0.717) is 18.7 Å². The van der Waals surface area contributed by atoms with E-state index in [9.17, 15) is 9.59 Å². The second-order valence-corrected chi connectivity index (χ2v) is 8.57. The first-order valence-corrected chi connectivity index (χ1v) is 11.4. The molecule has 0 aromatic heterocycles. The summed E-state index contributed by atoms with van der Waals surface area (Å²) in [6, 6.07) is 21.8. The second-order valence-electron chi connectivity index (χ2n) is 8.57. The van der Waals surface area contributed by atoms with E-state index in [4.69, 9.17) is 4.74 Å². The zero-order valence-corrected chi connectivity index (χ0v) is 19.4. The van der Waals surface area contributed by atoms with Crippen LogP contribution in [0, 0.1) is 13.8 Å². The molecule has 1 aliphatic heterocycles. The predicted molar refractivity (Wildman–Crippen MR) is 130 cm³/mol. The van der Waals surface area contributed by atoms with Crippen LogP contribution in [0.5, 0.6) is 5.75 Å². The first kappa shape index (κ1) is 22.6. The highest BCUT2D eigenvalue weighted by Gasteiger charge is 2.31. The molecule has 0 saturated carbocycles. The summed E-state index contributed by atoms with van der Waals surface area (Å²) in [5, 5.41) is 2.87. The number of nitrogens with zero attached hydrogens (tertiary/aromatic N) is 1. The summed E-state index contributed by atoms with van der Waals surface area (Å²) < 4.78 is 5.85. The molecule has 1 heterocycles. The third-order valence-electron chi connectivity index (χ3n) is 6.00. The average Bonchev–Trinajstić information content (AvgIpc) is 2.81. The number of amides is 2. The van der Waals surface area contributed by atoms with Gasteiger partial charge < -0.3 is 15.0 Å². The molecule has 0 radical (unpaired) electrons. The van der Waals surface area contributed by atoms with Crippen LogP contribution in [0.1, 0.15) is 47.2 Å². The van der Waals surface area contributed by atoms with Crippen molar-refractivity contribution in [2.75, 3.05) is 18.5 Å². The van der Waals surface area contributed by atoms with Crippen molar-refractivity contribution in [3.05, 3.63) is 94.5 Å². The summed E-state index contributed by atoms with van der Waals surface area (Å²) in [7, 11) is 0. The van der Waals surface area contributed by atoms with Gasteiger partial charge in [-0.3, -0.25) is 9.59 Å². The van der Waals surface area contributed by atoms with Crippen LogP contribution in [0.25, 0.3) is 0 Å². The van der Waals surface area contributed by atoms with Crippen LogP contribution in [0.4, 0.5) is 5.69 Å². The van der Waals surface area contributed by atoms with Crippen molar-refractivity contribution in [1.82, 2.24) is 4.90 Å². The van der Waals surface area contributed by atoms with E-state index in [0.717, 1.165) is 34.4 Å². The highest BCUT2D eigenvalue weighted by atomic mass is 16.5. The van der Waals surface area contributed by atoms with Gasteiger partial charge in [-0.05, 0) is 66.8 Å². The molecule has 0 bridgehead atoms. The minimum absolute atomic E-state index is 0.0839. The smallest absolute Gasteiger partial charge is 0.262 e. The van der Waals surface area contributed by atoms with E-state index < -0.39 is 0 Å². The standard InChI is InChI=1S/C28H30N2O3/c1-4-27(32)30-14-13-21-11-12-24(17-25(21)28(30)22-9-5-7-19(2)15-22)33-18-26(31)29-23-10-6-8-20(3)16-23/h5-12,15-17,28H,4,13-14,18H2,1-3H3,(H,29,31). The summed E-state index contributed by atoms with van der Waals surface area (Å²) in [5.74, 6) is 0.545. The van der Waals surface area contributed by atoms with E-state index in [1.54, 1.807) is 0 Å². The van der Waals surface area contributed by atoms with Crippen molar-refractivity contribution in [1.29, 1.82) is 0 Å². The minimum atomic E-state index is -0.212. The lowest BCUT2D eigenvalue weighted by atomic mass is 9.87. The topological polar surface area (TPSA) is 58.6 Å². The van der Waals surface area contributed by atoms with Crippen LogP contribution in [0.2, 0.25) is 0 Å². The third kappa shape index (κ3) is 5.25. The second kappa shape index (κ2) is 9.90. The maximum atomic E-state index is 12.8. The largest absolute Gasteiger partial charge is 0.484 e. The maximum absolute atomic E-state index is 12.8. The molecule has 5 heteroatoms. The minimum Gasteiger partial charge on any atom is -0.484 e. The van der Waals surface area contributed by atoms with Crippen molar-refractivity contribution < 1.29 is 14.3 Å². The van der Waals surface area contributed by atoms with E-state index in [-0.39, 0.29) is 24.5 Å². The van der Waals surface area contributed by atoms with Crippen LogP contribution in [0.15, 0.2) is 66.7 Å². The Hall–Kier alpha value is -3.60. The van der Waals surface area contributed by atoms with Gasteiger partial charge in [0.15, 0.2) is 6.61 Å². The van der Waals surface area contributed by atoms with Crippen molar-refractivity contribution in [3.63, 3.8) is 0 Å². The van der Waals surface area contributed by atoms with Gasteiger partial charge in [-0.15, -0.1) is 0 Å². The summed E-state index contributed by atoms with van der Waals surface area (Å²) >= 11 is 0. The molecule has 1 N–H and O–H groups in total. The molecule has 2 amide bonds. The van der Waals surface area contributed by atoms with E-state index in [2.05, 4.69) is 36.5 Å². The fourth-order valence-corrected chi connectivity index (χ4v) is 4.42. The van der Waals surface area contributed by atoms with Crippen LogP contribution >= 0.6 is 0 Å². The Kier molecular flexibility index (Phi) is 6.78. The Bertz CT molecular complexity index is 1170. The van der Waals surface area contributed by atoms with Crippen molar-refractivity contribution >= 4 is 17.5 Å². The first-order chi connectivity index (χ1) is 15.9. The number of carbonyl (C=O) groups excluding carboxylic acids is 2. The fourth-order valence-electron chi connectivity index (χ4n) is 4.42. The number of aryl methyl sites for hydroxylation is 2. The highest BCUT2D eigenvalue weighted by molar-refractivity contribution is 5.91. The molecular weight excluding hydrogens is 412 g/mol. The number of anilines is 1. The molecule has 4 rings (SSSR count). The number of benzene rings is 3. The van der Waals surface area contributed by atoms with Gasteiger partial charge >= 0.3 is 0 Å². The van der Waals surface area contributed by atoms with Gasteiger partial charge in [-0.1, -0.05) is 55.0 Å². The zero-order chi connectivity index (χ0) is 23.4. The fraction of sp³-hybridized carbons (Fsp3) is 0.286. The van der Waals surface area contributed by atoms with Gasteiger partial charge in [0, 0.05) is 18.7 Å². The molecule has 5 nitrogen and oxygen atoms in total. The molecule has 0 spiro atoms. The number of ether oxygens (including phenoxy) is 1. The van der Waals surface area contributed by atoms with Crippen molar-refractivity contribution in [2.45, 2.75) is 39.7 Å². The van der Waals surface area contributed by atoms with E-state index >= 15 is 0 Å². The summed E-state index contributed by atoms with van der Waals surface area (Å²) in [6.07, 6.45) is 1.27. The molecule has 0 saturated heterocycles. The zero-order valence-electron chi connectivity index (χ0n) is 19.4. The highest BCUT2D eigenvalue weighted by Crippen LogP contribution is 2.37. The summed E-state index contributed by atoms with van der Waals surface area (Å²) in [5.41, 5.74) is 6.35. The van der Waals surface area contributed by atoms with Crippen LogP contribution < -0.4 is 10.1 Å².